The number of para-hydroxylation sites is 1. The Hall–Kier alpha value is -2.22. The molecule has 1 fully saturated rings. The van der Waals surface area contributed by atoms with E-state index in [1.807, 2.05) is 30.3 Å². The molecule has 2 heterocycles. The van der Waals surface area contributed by atoms with Crippen LogP contribution in [0.25, 0.3) is 5.69 Å². The Morgan fingerprint density at radius 3 is 2.71 bits per heavy atom. The third-order valence-electron chi connectivity index (χ3n) is 3.31. The van der Waals surface area contributed by atoms with Crippen LogP contribution in [-0.4, -0.2) is 46.9 Å². The highest BCUT2D eigenvalue weighted by molar-refractivity contribution is 7.91. The summed E-state index contributed by atoms with van der Waals surface area (Å²) in [7, 11) is -3.02. The molecule has 1 N–H and O–H groups in total. The number of hydrogen-bond acceptors (Lipinski definition) is 5. The van der Waals surface area contributed by atoms with E-state index in [4.69, 9.17) is 0 Å². The van der Waals surface area contributed by atoms with Crippen LogP contribution in [0.15, 0.2) is 36.5 Å². The van der Waals surface area contributed by atoms with Crippen LogP contribution in [0, 0.1) is 0 Å². The molecule has 0 radical (unpaired) electrons. The number of carbonyl (C=O) groups excluding carboxylic acids is 1. The van der Waals surface area contributed by atoms with Crippen molar-refractivity contribution in [3.8, 4) is 5.69 Å². The summed E-state index contributed by atoms with van der Waals surface area (Å²) in [6.07, 6.45) is 1.97. The summed E-state index contributed by atoms with van der Waals surface area (Å²) in [6, 6.07) is 8.96. The molecule has 7 nitrogen and oxygen atoms in total. The molecule has 3 rings (SSSR count). The summed E-state index contributed by atoms with van der Waals surface area (Å²) in [5.74, 6) is -0.292. The minimum Gasteiger partial charge on any atom is -0.347 e. The van der Waals surface area contributed by atoms with E-state index in [0.717, 1.165) is 5.69 Å². The summed E-state index contributed by atoms with van der Waals surface area (Å²) < 4.78 is 24.2. The normalized spacial score (nSPS) is 20.3. The zero-order valence-corrected chi connectivity index (χ0v) is 12.0. The predicted molar refractivity (Wildman–Crippen MR) is 75.9 cm³/mol. The van der Waals surface area contributed by atoms with E-state index in [2.05, 4.69) is 15.6 Å². The summed E-state index contributed by atoms with van der Waals surface area (Å²) in [5.41, 5.74) is 0.968. The van der Waals surface area contributed by atoms with Crippen molar-refractivity contribution in [3.63, 3.8) is 0 Å². The second-order valence-electron chi connectivity index (χ2n) is 4.96. The fourth-order valence-corrected chi connectivity index (χ4v) is 3.92. The van der Waals surface area contributed by atoms with Crippen molar-refractivity contribution in [2.24, 2.45) is 0 Å². The largest absolute Gasteiger partial charge is 0.347 e. The van der Waals surface area contributed by atoms with Gasteiger partial charge in [0.15, 0.2) is 15.5 Å². The first-order chi connectivity index (χ1) is 10.0. The molecule has 2 aromatic rings. The molecule has 1 atom stereocenters. The number of aromatic nitrogens is 3. The van der Waals surface area contributed by atoms with Crippen LogP contribution in [0.1, 0.15) is 16.9 Å². The van der Waals surface area contributed by atoms with E-state index in [9.17, 15) is 13.2 Å². The summed E-state index contributed by atoms with van der Waals surface area (Å²) in [4.78, 5) is 12.0. The molecule has 21 heavy (non-hydrogen) atoms. The molecule has 0 spiro atoms. The Morgan fingerprint density at radius 2 is 2.05 bits per heavy atom. The molecular formula is C13H14N4O3S. The lowest BCUT2D eigenvalue weighted by molar-refractivity contribution is 0.0936. The third-order valence-corrected chi connectivity index (χ3v) is 5.08. The lowest BCUT2D eigenvalue weighted by atomic mass is 10.2. The van der Waals surface area contributed by atoms with Gasteiger partial charge in [0.2, 0.25) is 0 Å². The van der Waals surface area contributed by atoms with Crippen molar-refractivity contribution >= 4 is 15.7 Å². The fourth-order valence-electron chi connectivity index (χ4n) is 2.24. The van der Waals surface area contributed by atoms with Crippen LogP contribution in [0.2, 0.25) is 0 Å². The Morgan fingerprint density at radius 1 is 1.29 bits per heavy atom. The van der Waals surface area contributed by atoms with Crippen LogP contribution in [0.5, 0.6) is 0 Å². The minimum atomic E-state index is -3.02. The van der Waals surface area contributed by atoms with Gasteiger partial charge < -0.3 is 5.32 Å². The smallest absolute Gasteiger partial charge is 0.273 e. The molecule has 1 amide bonds. The molecule has 1 aliphatic heterocycles. The van der Waals surface area contributed by atoms with Crippen LogP contribution < -0.4 is 5.32 Å². The van der Waals surface area contributed by atoms with Gasteiger partial charge in [0.25, 0.3) is 5.91 Å². The molecule has 0 aliphatic carbocycles. The summed E-state index contributed by atoms with van der Waals surface area (Å²) in [6.45, 7) is 0. The minimum absolute atomic E-state index is 0.00837. The first kappa shape index (κ1) is 13.7. The molecule has 0 bridgehead atoms. The first-order valence-electron chi connectivity index (χ1n) is 6.52. The Bertz CT molecular complexity index is 755. The highest BCUT2D eigenvalue weighted by Gasteiger charge is 2.29. The van der Waals surface area contributed by atoms with Crippen LogP contribution in [-0.2, 0) is 9.84 Å². The molecule has 1 saturated heterocycles. The van der Waals surface area contributed by atoms with Gasteiger partial charge in [0, 0.05) is 6.04 Å². The van der Waals surface area contributed by atoms with Gasteiger partial charge in [0.05, 0.1) is 23.4 Å². The average molecular weight is 306 g/mol. The molecule has 1 aromatic heterocycles. The van der Waals surface area contributed by atoms with Gasteiger partial charge in [-0.25, -0.2) is 13.1 Å². The van der Waals surface area contributed by atoms with E-state index in [0.29, 0.717) is 6.42 Å². The van der Waals surface area contributed by atoms with Crippen LogP contribution in [0.3, 0.4) is 0 Å². The van der Waals surface area contributed by atoms with Gasteiger partial charge in [-0.3, -0.25) is 4.79 Å². The molecule has 0 saturated carbocycles. The molecule has 1 unspecified atom stereocenters. The Labute approximate surface area is 121 Å². The van der Waals surface area contributed by atoms with E-state index >= 15 is 0 Å². The van der Waals surface area contributed by atoms with Crippen LogP contribution in [0.4, 0.5) is 0 Å². The number of carbonyl (C=O) groups is 1. The van der Waals surface area contributed by atoms with Crippen molar-refractivity contribution in [3.05, 3.63) is 42.2 Å². The van der Waals surface area contributed by atoms with E-state index < -0.39 is 15.7 Å². The lowest BCUT2D eigenvalue weighted by Gasteiger charge is -2.08. The zero-order valence-electron chi connectivity index (χ0n) is 11.1. The van der Waals surface area contributed by atoms with E-state index in [-0.39, 0.29) is 23.2 Å². The van der Waals surface area contributed by atoms with Gasteiger partial charge in [-0.15, -0.1) is 5.10 Å². The summed E-state index contributed by atoms with van der Waals surface area (Å²) >= 11 is 0. The van der Waals surface area contributed by atoms with Crippen molar-refractivity contribution < 1.29 is 13.2 Å². The van der Waals surface area contributed by atoms with Crippen molar-refractivity contribution in [1.82, 2.24) is 20.3 Å². The second-order valence-corrected chi connectivity index (χ2v) is 7.19. The van der Waals surface area contributed by atoms with Crippen molar-refractivity contribution in [2.45, 2.75) is 12.5 Å². The van der Waals surface area contributed by atoms with Crippen LogP contribution >= 0.6 is 0 Å². The highest BCUT2D eigenvalue weighted by atomic mass is 32.2. The zero-order chi connectivity index (χ0) is 14.9. The molecular weight excluding hydrogens is 292 g/mol. The molecule has 1 aromatic carbocycles. The van der Waals surface area contributed by atoms with E-state index in [1.165, 1.54) is 10.9 Å². The number of nitrogens with zero attached hydrogens (tertiary/aromatic N) is 3. The maximum absolute atomic E-state index is 12.0. The summed E-state index contributed by atoms with van der Waals surface area (Å²) in [5, 5.41) is 10.4. The predicted octanol–water partition coefficient (Wildman–Crippen LogP) is 0.184. The monoisotopic (exact) mass is 306 g/mol. The Kier molecular flexibility index (Phi) is 3.46. The standard InChI is InChI=1S/C13H14N4O3S/c18-13(14-10-6-7-21(19,20)9-10)12-8-17(16-15-12)11-4-2-1-3-5-11/h1-5,8,10H,6-7,9H2,(H,14,18). The van der Waals surface area contributed by atoms with Gasteiger partial charge in [-0.2, -0.15) is 0 Å². The molecule has 8 heteroatoms. The number of rotatable bonds is 3. The number of nitrogens with one attached hydrogen (secondary N) is 1. The number of benzene rings is 1. The van der Waals surface area contributed by atoms with Gasteiger partial charge in [-0.05, 0) is 18.6 Å². The average Bonchev–Trinajstić information content (AvgIpc) is 3.07. The highest BCUT2D eigenvalue weighted by Crippen LogP contribution is 2.12. The van der Waals surface area contributed by atoms with Gasteiger partial charge in [-0.1, -0.05) is 23.4 Å². The maximum atomic E-state index is 12.0. The first-order valence-corrected chi connectivity index (χ1v) is 8.35. The SMILES string of the molecule is O=C(NC1CCS(=O)(=O)C1)c1cn(-c2ccccc2)nn1. The second kappa shape index (κ2) is 5.28. The molecule has 1 aliphatic rings. The maximum Gasteiger partial charge on any atom is 0.273 e. The molecule has 110 valence electrons. The quantitative estimate of drug-likeness (QED) is 0.873. The van der Waals surface area contributed by atoms with Gasteiger partial charge >= 0.3 is 0 Å². The Balaban J connectivity index is 1.70. The number of hydrogen-bond donors (Lipinski definition) is 1. The third kappa shape index (κ3) is 3.10. The fraction of sp³-hybridized carbons (Fsp3) is 0.308. The van der Waals surface area contributed by atoms with E-state index in [1.54, 1.807) is 0 Å². The lowest BCUT2D eigenvalue weighted by Crippen LogP contribution is -2.35. The number of amides is 1. The number of sulfone groups is 1. The van der Waals surface area contributed by atoms with Gasteiger partial charge in [0.1, 0.15) is 0 Å². The van der Waals surface area contributed by atoms with Crippen molar-refractivity contribution in [1.29, 1.82) is 0 Å². The topological polar surface area (TPSA) is 94.0 Å². The van der Waals surface area contributed by atoms with Crippen molar-refractivity contribution in [2.75, 3.05) is 11.5 Å².